The molecule has 3 rings (SSSR count). The van der Waals surface area contributed by atoms with Crippen LogP contribution in [0.5, 0.6) is 0 Å². The lowest BCUT2D eigenvalue weighted by molar-refractivity contribution is -0.0387. The Morgan fingerprint density at radius 1 is 0.950 bits per heavy atom. The normalized spacial score (nSPS) is 48.0. The third-order valence-corrected chi connectivity index (χ3v) is 6.63. The smallest absolute Gasteiger partial charge is 0.0617 e. The summed E-state index contributed by atoms with van der Waals surface area (Å²) in [7, 11) is 1.88. The highest BCUT2D eigenvalue weighted by Gasteiger charge is 2.62. The molecule has 1 heterocycles. The summed E-state index contributed by atoms with van der Waals surface area (Å²) in [5.74, 6) is 1.14. The molecule has 3 aliphatic rings. The standard InChI is InChI=1S/C17H32N2O/c1-16(2)17(18,12-8-4-6-10-14(12)19-16)13-9-5-7-11-15(13)20-3/h12-15,19H,4-11,18H2,1-3H3. The third-order valence-electron chi connectivity index (χ3n) is 6.63. The minimum atomic E-state index is -0.112. The van der Waals surface area contributed by atoms with Gasteiger partial charge >= 0.3 is 0 Å². The summed E-state index contributed by atoms with van der Waals surface area (Å²) in [5, 5.41) is 3.88. The van der Waals surface area contributed by atoms with Crippen molar-refractivity contribution >= 4 is 0 Å². The number of nitrogens with two attached hydrogens (primary N) is 1. The van der Waals surface area contributed by atoms with E-state index in [-0.39, 0.29) is 11.1 Å². The van der Waals surface area contributed by atoms with Crippen LogP contribution in [-0.2, 0) is 4.74 Å². The molecule has 0 bridgehead atoms. The summed E-state index contributed by atoms with van der Waals surface area (Å²) in [6.07, 6.45) is 10.7. The highest BCUT2D eigenvalue weighted by atomic mass is 16.5. The van der Waals surface area contributed by atoms with Crippen LogP contribution < -0.4 is 11.1 Å². The van der Waals surface area contributed by atoms with Gasteiger partial charge in [0.2, 0.25) is 0 Å². The first kappa shape index (κ1) is 14.8. The Hall–Kier alpha value is -0.120. The highest BCUT2D eigenvalue weighted by molar-refractivity contribution is 5.21. The predicted octanol–water partition coefficient (Wildman–Crippen LogP) is 2.83. The van der Waals surface area contributed by atoms with Gasteiger partial charge in [-0.15, -0.1) is 0 Å². The van der Waals surface area contributed by atoms with Crippen molar-refractivity contribution in [3.63, 3.8) is 0 Å². The fourth-order valence-electron chi connectivity index (χ4n) is 5.59. The number of rotatable bonds is 2. The van der Waals surface area contributed by atoms with E-state index in [1.54, 1.807) is 0 Å². The number of hydrogen-bond acceptors (Lipinski definition) is 3. The fraction of sp³-hybridized carbons (Fsp3) is 1.00. The van der Waals surface area contributed by atoms with Crippen molar-refractivity contribution in [2.45, 2.75) is 88.4 Å². The lowest BCUT2D eigenvalue weighted by atomic mass is 9.59. The molecule has 1 aliphatic heterocycles. The molecule has 0 aromatic heterocycles. The Balaban J connectivity index is 1.93. The first-order valence-corrected chi connectivity index (χ1v) is 8.60. The van der Waals surface area contributed by atoms with Crippen LogP contribution >= 0.6 is 0 Å². The van der Waals surface area contributed by atoms with Gasteiger partial charge in [0, 0.05) is 30.1 Å². The third kappa shape index (κ3) is 2.05. The molecule has 0 spiro atoms. The second-order valence-corrected chi connectivity index (χ2v) is 7.86. The molecule has 3 nitrogen and oxygen atoms in total. The minimum absolute atomic E-state index is 0.0193. The van der Waals surface area contributed by atoms with Crippen LogP contribution in [0.4, 0.5) is 0 Å². The molecule has 0 aromatic rings. The van der Waals surface area contributed by atoms with Crippen molar-refractivity contribution in [3.8, 4) is 0 Å². The Kier molecular flexibility index (Phi) is 3.89. The van der Waals surface area contributed by atoms with Crippen LogP contribution in [0, 0.1) is 11.8 Å². The maximum Gasteiger partial charge on any atom is 0.0617 e. The summed E-state index contributed by atoms with van der Waals surface area (Å²) in [6.45, 7) is 4.65. The molecule has 5 atom stereocenters. The van der Waals surface area contributed by atoms with E-state index in [4.69, 9.17) is 10.5 Å². The lowest BCUT2D eigenvalue weighted by Crippen LogP contribution is -2.67. The van der Waals surface area contributed by atoms with Gasteiger partial charge in [0.05, 0.1) is 6.10 Å². The summed E-state index contributed by atoms with van der Waals surface area (Å²) < 4.78 is 5.85. The largest absolute Gasteiger partial charge is 0.381 e. The Bertz CT molecular complexity index is 357. The zero-order valence-electron chi connectivity index (χ0n) is 13.5. The van der Waals surface area contributed by atoms with Crippen molar-refractivity contribution in [2.75, 3.05) is 7.11 Å². The molecule has 1 saturated heterocycles. The van der Waals surface area contributed by atoms with Gasteiger partial charge in [0.15, 0.2) is 0 Å². The molecule has 3 fully saturated rings. The molecular weight excluding hydrogens is 248 g/mol. The van der Waals surface area contributed by atoms with Gasteiger partial charge in [-0.3, -0.25) is 0 Å². The molecule has 116 valence electrons. The first-order chi connectivity index (χ1) is 9.50. The topological polar surface area (TPSA) is 47.3 Å². The zero-order chi connectivity index (χ0) is 14.4. The molecule has 2 aliphatic carbocycles. The van der Waals surface area contributed by atoms with Gasteiger partial charge in [0.1, 0.15) is 0 Å². The van der Waals surface area contributed by atoms with Crippen molar-refractivity contribution in [2.24, 2.45) is 17.6 Å². The summed E-state index contributed by atoms with van der Waals surface area (Å²) in [5.41, 5.74) is 7.10. The van der Waals surface area contributed by atoms with Gasteiger partial charge in [-0.05, 0) is 45.4 Å². The summed E-state index contributed by atoms with van der Waals surface area (Å²) in [4.78, 5) is 0. The van der Waals surface area contributed by atoms with Crippen LogP contribution in [0.3, 0.4) is 0 Å². The van der Waals surface area contributed by atoms with Crippen molar-refractivity contribution in [1.29, 1.82) is 0 Å². The molecule has 0 amide bonds. The maximum atomic E-state index is 7.19. The van der Waals surface area contributed by atoms with Gasteiger partial charge < -0.3 is 15.8 Å². The molecule has 3 heteroatoms. The quantitative estimate of drug-likeness (QED) is 0.817. The van der Waals surface area contributed by atoms with E-state index in [1.165, 1.54) is 51.4 Å². The molecule has 0 aromatic carbocycles. The van der Waals surface area contributed by atoms with Gasteiger partial charge in [-0.1, -0.05) is 25.7 Å². The molecule has 5 unspecified atom stereocenters. The Morgan fingerprint density at radius 2 is 1.55 bits per heavy atom. The predicted molar refractivity (Wildman–Crippen MR) is 82.6 cm³/mol. The van der Waals surface area contributed by atoms with Crippen LogP contribution in [-0.4, -0.2) is 30.3 Å². The number of hydrogen-bond donors (Lipinski definition) is 2. The average molecular weight is 280 g/mol. The van der Waals surface area contributed by atoms with Crippen LogP contribution in [0.25, 0.3) is 0 Å². The second-order valence-electron chi connectivity index (χ2n) is 7.86. The number of ether oxygens (including phenoxy) is 1. The SMILES string of the molecule is COC1CCCCC1C1(N)C2CCCCC2NC1(C)C. The first-order valence-electron chi connectivity index (χ1n) is 8.60. The summed E-state index contributed by atoms with van der Waals surface area (Å²) >= 11 is 0. The molecule has 0 radical (unpaired) electrons. The lowest BCUT2D eigenvalue weighted by Gasteiger charge is -2.51. The van der Waals surface area contributed by atoms with Gasteiger partial charge in [0.25, 0.3) is 0 Å². The fourth-order valence-corrected chi connectivity index (χ4v) is 5.59. The van der Waals surface area contributed by atoms with Gasteiger partial charge in [-0.2, -0.15) is 0 Å². The summed E-state index contributed by atoms with van der Waals surface area (Å²) in [6, 6.07) is 0.628. The zero-order valence-corrected chi connectivity index (χ0v) is 13.5. The van der Waals surface area contributed by atoms with Crippen LogP contribution in [0.1, 0.15) is 65.2 Å². The average Bonchev–Trinajstić information content (AvgIpc) is 2.67. The molecule has 2 saturated carbocycles. The van der Waals surface area contributed by atoms with E-state index < -0.39 is 0 Å². The minimum Gasteiger partial charge on any atom is -0.381 e. The van der Waals surface area contributed by atoms with E-state index in [1.807, 2.05) is 7.11 Å². The van der Waals surface area contributed by atoms with E-state index in [9.17, 15) is 0 Å². The monoisotopic (exact) mass is 280 g/mol. The maximum absolute atomic E-state index is 7.19. The van der Waals surface area contributed by atoms with Crippen LogP contribution in [0.15, 0.2) is 0 Å². The second kappa shape index (κ2) is 5.26. The van der Waals surface area contributed by atoms with E-state index in [0.717, 1.165) is 0 Å². The Morgan fingerprint density at radius 3 is 2.25 bits per heavy atom. The van der Waals surface area contributed by atoms with Crippen molar-refractivity contribution < 1.29 is 4.74 Å². The van der Waals surface area contributed by atoms with E-state index >= 15 is 0 Å². The molecule has 3 N–H and O–H groups in total. The number of nitrogens with one attached hydrogen (secondary N) is 1. The Labute approximate surface area is 124 Å². The number of methoxy groups -OCH3 is 1. The molecular formula is C17H32N2O. The van der Waals surface area contributed by atoms with Crippen molar-refractivity contribution in [1.82, 2.24) is 5.32 Å². The number of fused-ring (bicyclic) bond motifs is 1. The van der Waals surface area contributed by atoms with Crippen molar-refractivity contribution in [3.05, 3.63) is 0 Å². The van der Waals surface area contributed by atoms with E-state index in [2.05, 4.69) is 19.2 Å². The molecule has 20 heavy (non-hydrogen) atoms. The highest BCUT2D eigenvalue weighted by Crippen LogP contribution is 2.51. The van der Waals surface area contributed by atoms with Gasteiger partial charge in [-0.25, -0.2) is 0 Å². The van der Waals surface area contributed by atoms with Crippen LogP contribution in [0.2, 0.25) is 0 Å². The van der Waals surface area contributed by atoms with E-state index in [0.29, 0.717) is 24.0 Å².